The van der Waals surface area contributed by atoms with Gasteiger partial charge in [-0.05, 0) is 25.5 Å². The molecule has 1 saturated heterocycles. The molecule has 1 aromatic carbocycles. The molecule has 0 aromatic heterocycles. The molecular weight excluding hydrogens is 230 g/mol. The van der Waals surface area contributed by atoms with E-state index < -0.39 is 0 Å². The Morgan fingerprint density at radius 3 is 2.83 bits per heavy atom. The van der Waals surface area contributed by atoms with Gasteiger partial charge in [-0.3, -0.25) is 4.79 Å². The van der Waals surface area contributed by atoms with E-state index in [4.69, 9.17) is 9.47 Å². The van der Waals surface area contributed by atoms with Crippen molar-refractivity contribution in [1.29, 1.82) is 0 Å². The maximum atomic E-state index is 11.6. The Morgan fingerprint density at radius 2 is 2.11 bits per heavy atom. The lowest BCUT2D eigenvalue weighted by molar-refractivity contribution is -0.146. The highest BCUT2D eigenvalue weighted by Gasteiger charge is 2.29. The van der Waals surface area contributed by atoms with Gasteiger partial charge >= 0.3 is 5.97 Å². The second kappa shape index (κ2) is 5.87. The molecule has 2 unspecified atom stereocenters. The number of para-hydroxylation sites is 1. The van der Waals surface area contributed by atoms with Crippen LogP contribution in [0.5, 0.6) is 5.75 Å². The number of ether oxygens (including phenoxy) is 2. The van der Waals surface area contributed by atoms with Crippen molar-refractivity contribution in [3.8, 4) is 5.75 Å². The van der Waals surface area contributed by atoms with Crippen molar-refractivity contribution < 1.29 is 14.3 Å². The van der Waals surface area contributed by atoms with Crippen molar-refractivity contribution >= 4 is 5.97 Å². The first kappa shape index (κ1) is 12.9. The highest BCUT2D eigenvalue weighted by atomic mass is 16.5. The van der Waals surface area contributed by atoms with Crippen LogP contribution in [0.4, 0.5) is 0 Å². The van der Waals surface area contributed by atoms with Gasteiger partial charge in [-0.1, -0.05) is 18.2 Å². The number of nitrogens with one attached hydrogen (secondary N) is 1. The van der Waals surface area contributed by atoms with Crippen LogP contribution in [-0.4, -0.2) is 26.7 Å². The van der Waals surface area contributed by atoms with E-state index in [-0.39, 0.29) is 17.9 Å². The highest BCUT2D eigenvalue weighted by Crippen LogP contribution is 2.32. The van der Waals surface area contributed by atoms with Gasteiger partial charge in [0.1, 0.15) is 5.75 Å². The summed E-state index contributed by atoms with van der Waals surface area (Å²) in [6.45, 7) is 0.822. The van der Waals surface area contributed by atoms with Crippen molar-refractivity contribution in [3.05, 3.63) is 29.8 Å². The third-order valence-electron chi connectivity index (χ3n) is 3.45. The summed E-state index contributed by atoms with van der Waals surface area (Å²) in [4.78, 5) is 11.6. The van der Waals surface area contributed by atoms with Crippen LogP contribution in [0.1, 0.15) is 24.4 Å². The van der Waals surface area contributed by atoms with Crippen LogP contribution in [0.2, 0.25) is 0 Å². The third kappa shape index (κ3) is 2.64. The average molecular weight is 249 g/mol. The fourth-order valence-corrected chi connectivity index (χ4v) is 2.49. The summed E-state index contributed by atoms with van der Waals surface area (Å²) in [6, 6.07) is 8.07. The van der Waals surface area contributed by atoms with Crippen LogP contribution in [-0.2, 0) is 9.53 Å². The molecule has 0 aliphatic carbocycles. The predicted octanol–water partition coefficient (Wildman–Crippen LogP) is 1.91. The summed E-state index contributed by atoms with van der Waals surface area (Å²) in [5, 5.41) is 3.43. The van der Waals surface area contributed by atoms with E-state index in [1.165, 1.54) is 7.11 Å². The quantitative estimate of drug-likeness (QED) is 0.831. The van der Waals surface area contributed by atoms with Crippen molar-refractivity contribution in [3.63, 3.8) is 0 Å². The van der Waals surface area contributed by atoms with Gasteiger partial charge in [0.25, 0.3) is 0 Å². The molecule has 2 rings (SSSR count). The third-order valence-corrected chi connectivity index (χ3v) is 3.45. The molecule has 4 heteroatoms. The summed E-state index contributed by atoms with van der Waals surface area (Å²) in [5.41, 5.74) is 1.11. The van der Waals surface area contributed by atoms with Gasteiger partial charge in [0, 0.05) is 11.6 Å². The number of benzene rings is 1. The van der Waals surface area contributed by atoms with Crippen LogP contribution in [0.3, 0.4) is 0 Å². The first-order valence-electron chi connectivity index (χ1n) is 6.20. The number of piperidine rings is 1. The number of carbonyl (C=O) groups excluding carboxylic acids is 1. The standard InChI is InChI=1S/C14H19NO3/c1-17-13-6-4-3-5-11(13)12-9-10(7-8-15-12)14(16)18-2/h3-6,10,12,15H,7-9H2,1-2H3. The molecular formula is C14H19NO3. The first-order chi connectivity index (χ1) is 8.76. The lowest BCUT2D eigenvalue weighted by Gasteiger charge is -2.29. The van der Waals surface area contributed by atoms with Crippen LogP contribution in [0.25, 0.3) is 0 Å². The summed E-state index contributed by atoms with van der Waals surface area (Å²) in [7, 11) is 3.11. The maximum Gasteiger partial charge on any atom is 0.308 e. The Bertz CT molecular complexity index is 419. The maximum absolute atomic E-state index is 11.6. The van der Waals surface area contributed by atoms with Gasteiger partial charge in [0.2, 0.25) is 0 Å². The summed E-state index contributed by atoms with van der Waals surface area (Å²) < 4.78 is 10.2. The molecule has 1 aliphatic heterocycles. The van der Waals surface area contributed by atoms with E-state index in [1.54, 1.807) is 7.11 Å². The molecule has 98 valence electrons. The molecule has 0 spiro atoms. The average Bonchev–Trinajstić information content (AvgIpc) is 2.46. The molecule has 0 saturated carbocycles. The van der Waals surface area contributed by atoms with E-state index in [1.807, 2.05) is 24.3 Å². The van der Waals surface area contributed by atoms with Gasteiger partial charge in [-0.15, -0.1) is 0 Å². The number of hydrogen-bond acceptors (Lipinski definition) is 4. The van der Waals surface area contributed by atoms with Crippen molar-refractivity contribution in [2.75, 3.05) is 20.8 Å². The van der Waals surface area contributed by atoms with Gasteiger partial charge in [-0.2, -0.15) is 0 Å². The van der Waals surface area contributed by atoms with E-state index >= 15 is 0 Å². The SMILES string of the molecule is COC(=O)C1CCNC(c2ccccc2OC)C1. The molecule has 1 heterocycles. The number of hydrogen-bond donors (Lipinski definition) is 1. The topological polar surface area (TPSA) is 47.6 Å². The molecule has 2 atom stereocenters. The molecule has 1 aliphatic rings. The van der Waals surface area contributed by atoms with Crippen LogP contribution < -0.4 is 10.1 Å². The van der Waals surface area contributed by atoms with Crippen molar-refractivity contribution in [2.45, 2.75) is 18.9 Å². The smallest absolute Gasteiger partial charge is 0.308 e. The fraction of sp³-hybridized carbons (Fsp3) is 0.500. The largest absolute Gasteiger partial charge is 0.496 e. The Kier molecular flexibility index (Phi) is 4.20. The first-order valence-corrected chi connectivity index (χ1v) is 6.20. The van der Waals surface area contributed by atoms with Crippen molar-refractivity contribution in [1.82, 2.24) is 5.32 Å². The van der Waals surface area contributed by atoms with Crippen LogP contribution >= 0.6 is 0 Å². The van der Waals surface area contributed by atoms with E-state index in [2.05, 4.69) is 5.32 Å². The minimum absolute atomic E-state index is 0.0221. The zero-order valence-electron chi connectivity index (χ0n) is 10.8. The monoisotopic (exact) mass is 249 g/mol. The second-order valence-electron chi connectivity index (χ2n) is 4.49. The van der Waals surface area contributed by atoms with Gasteiger partial charge in [0.05, 0.1) is 20.1 Å². The minimum Gasteiger partial charge on any atom is -0.496 e. The van der Waals surface area contributed by atoms with Crippen LogP contribution in [0.15, 0.2) is 24.3 Å². The molecule has 0 bridgehead atoms. The Balaban J connectivity index is 2.15. The second-order valence-corrected chi connectivity index (χ2v) is 4.49. The van der Waals surface area contributed by atoms with Gasteiger partial charge < -0.3 is 14.8 Å². The zero-order valence-corrected chi connectivity index (χ0v) is 10.8. The molecule has 1 aromatic rings. The summed E-state index contributed by atoms with van der Waals surface area (Å²) >= 11 is 0. The van der Waals surface area contributed by atoms with Crippen LogP contribution in [0, 0.1) is 5.92 Å². The number of rotatable bonds is 3. The molecule has 1 fully saturated rings. The zero-order chi connectivity index (χ0) is 13.0. The Hall–Kier alpha value is -1.55. The fourth-order valence-electron chi connectivity index (χ4n) is 2.49. The lowest BCUT2D eigenvalue weighted by atomic mass is 9.88. The normalized spacial score (nSPS) is 23.4. The minimum atomic E-state index is -0.114. The Morgan fingerprint density at radius 1 is 1.33 bits per heavy atom. The molecule has 0 radical (unpaired) electrons. The highest BCUT2D eigenvalue weighted by molar-refractivity contribution is 5.72. The molecule has 1 N–H and O–H groups in total. The predicted molar refractivity (Wildman–Crippen MR) is 68.5 cm³/mol. The summed E-state index contributed by atoms with van der Waals surface area (Å²) in [5.74, 6) is 0.725. The molecule has 0 amide bonds. The molecule has 4 nitrogen and oxygen atoms in total. The van der Waals surface area contributed by atoms with Crippen molar-refractivity contribution in [2.24, 2.45) is 5.92 Å². The van der Waals surface area contributed by atoms with E-state index in [0.29, 0.717) is 0 Å². The number of methoxy groups -OCH3 is 2. The number of esters is 1. The van der Waals surface area contributed by atoms with E-state index in [0.717, 1.165) is 30.7 Å². The lowest BCUT2D eigenvalue weighted by Crippen LogP contribution is -2.35. The Labute approximate surface area is 107 Å². The number of carbonyl (C=O) groups is 1. The molecule has 18 heavy (non-hydrogen) atoms. The summed E-state index contributed by atoms with van der Waals surface area (Å²) in [6.07, 6.45) is 1.59. The van der Waals surface area contributed by atoms with Gasteiger partial charge in [0.15, 0.2) is 0 Å². The van der Waals surface area contributed by atoms with E-state index in [9.17, 15) is 4.79 Å². The van der Waals surface area contributed by atoms with Gasteiger partial charge in [-0.25, -0.2) is 0 Å².